The second-order valence-corrected chi connectivity index (χ2v) is 6.87. The SMILES string of the molecule is CC1C(OCc2ccccc2)OC2COC(c3ccccc3)OC2C1O. The van der Waals surface area contributed by atoms with Crippen LogP contribution in [0.3, 0.4) is 0 Å². The summed E-state index contributed by atoms with van der Waals surface area (Å²) < 4.78 is 23.8. The van der Waals surface area contributed by atoms with Crippen LogP contribution in [0, 0.1) is 5.92 Å². The van der Waals surface area contributed by atoms with Crippen LogP contribution in [0.2, 0.25) is 0 Å². The highest BCUT2D eigenvalue weighted by molar-refractivity contribution is 5.17. The third kappa shape index (κ3) is 3.68. The maximum Gasteiger partial charge on any atom is 0.184 e. The van der Waals surface area contributed by atoms with E-state index in [0.29, 0.717) is 13.2 Å². The minimum Gasteiger partial charge on any atom is -0.390 e. The first-order chi connectivity index (χ1) is 12.7. The smallest absolute Gasteiger partial charge is 0.184 e. The van der Waals surface area contributed by atoms with Crippen molar-refractivity contribution in [2.24, 2.45) is 5.92 Å². The van der Waals surface area contributed by atoms with Crippen LogP contribution in [-0.2, 0) is 25.6 Å². The Kier molecular flexibility index (Phi) is 5.33. The predicted octanol–water partition coefficient (Wildman–Crippen LogP) is 3.04. The highest BCUT2D eigenvalue weighted by Crippen LogP contribution is 2.36. The third-order valence-electron chi connectivity index (χ3n) is 5.00. The number of aliphatic hydroxyl groups excluding tert-OH is 1. The highest BCUT2D eigenvalue weighted by Gasteiger charge is 2.48. The molecule has 2 aromatic carbocycles. The minimum absolute atomic E-state index is 0.200. The molecule has 4 rings (SSSR count). The molecule has 6 unspecified atom stereocenters. The Morgan fingerprint density at radius 1 is 1.00 bits per heavy atom. The van der Waals surface area contributed by atoms with Crippen molar-refractivity contribution in [3.8, 4) is 0 Å². The van der Waals surface area contributed by atoms with Crippen LogP contribution in [0.25, 0.3) is 0 Å². The van der Waals surface area contributed by atoms with Gasteiger partial charge >= 0.3 is 0 Å². The van der Waals surface area contributed by atoms with E-state index in [1.165, 1.54) is 0 Å². The highest BCUT2D eigenvalue weighted by atomic mass is 16.7. The maximum absolute atomic E-state index is 10.8. The first-order valence-electron chi connectivity index (χ1n) is 9.03. The molecule has 2 heterocycles. The van der Waals surface area contributed by atoms with Crippen LogP contribution in [-0.4, -0.2) is 36.3 Å². The van der Waals surface area contributed by atoms with Gasteiger partial charge in [0.2, 0.25) is 0 Å². The summed E-state index contributed by atoms with van der Waals surface area (Å²) in [7, 11) is 0. The van der Waals surface area contributed by atoms with Gasteiger partial charge in [0.25, 0.3) is 0 Å². The van der Waals surface area contributed by atoms with Crippen LogP contribution < -0.4 is 0 Å². The summed E-state index contributed by atoms with van der Waals surface area (Å²) in [5.74, 6) is -0.200. The molecule has 0 amide bonds. The van der Waals surface area contributed by atoms with Crippen molar-refractivity contribution in [1.82, 2.24) is 0 Å². The summed E-state index contributed by atoms with van der Waals surface area (Å²) in [4.78, 5) is 0. The zero-order valence-corrected chi connectivity index (χ0v) is 14.7. The molecule has 0 saturated carbocycles. The minimum atomic E-state index is -0.676. The van der Waals surface area contributed by atoms with E-state index in [-0.39, 0.29) is 12.0 Å². The molecule has 6 atom stereocenters. The van der Waals surface area contributed by atoms with Crippen molar-refractivity contribution in [2.75, 3.05) is 6.61 Å². The lowest BCUT2D eigenvalue weighted by Crippen LogP contribution is -2.59. The Bertz CT molecular complexity index is 690. The van der Waals surface area contributed by atoms with E-state index >= 15 is 0 Å². The average Bonchev–Trinajstić information content (AvgIpc) is 2.71. The Hall–Kier alpha value is -1.76. The summed E-state index contributed by atoms with van der Waals surface area (Å²) in [6.07, 6.45) is -2.43. The molecule has 2 fully saturated rings. The molecule has 2 saturated heterocycles. The summed E-state index contributed by atoms with van der Waals surface area (Å²) in [6, 6.07) is 19.7. The van der Waals surface area contributed by atoms with E-state index in [0.717, 1.165) is 11.1 Å². The molecule has 1 N–H and O–H groups in total. The van der Waals surface area contributed by atoms with Crippen molar-refractivity contribution >= 4 is 0 Å². The summed E-state index contributed by atoms with van der Waals surface area (Å²) in [5, 5.41) is 10.8. The van der Waals surface area contributed by atoms with Gasteiger partial charge in [0, 0.05) is 11.5 Å². The number of ether oxygens (including phenoxy) is 4. The normalized spacial score (nSPS) is 34.2. The van der Waals surface area contributed by atoms with Crippen LogP contribution in [0.15, 0.2) is 60.7 Å². The van der Waals surface area contributed by atoms with E-state index in [4.69, 9.17) is 18.9 Å². The fourth-order valence-corrected chi connectivity index (χ4v) is 3.45. The topological polar surface area (TPSA) is 57.2 Å². The fourth-order valence-electron chi connectivity index (χ4n) is 3.45. The number of fused-ring (bicyclic) bond motifs is 1. The second-order valence-electron chi connectivity index (χ2n) is 6.87. The lowest BCUT2D eigenvalue weighted by molar-refractivity contribution is -0.353. The lowest BCUT2D eigenvalue weighted by atomic mass is 9.91. The summed E-state index contributed by atoms with van der Waals surface area (Å²) in [6.45, 7) is 2.72. The first-order valence-corrected chi connectivity index (χ1v) is 9.03. The molecule has 0 aliphatic carbocycles. The third-order valence-corrected chi connectivity index (χ3v) is 5.00. The van der Waals surface area contributed by atoms with Gasteiger partial charge in [0.1, 0.15) is 12.2 Å². The van der Waals surface area contributed by atoms with E-state index in [1.54, 1.807) is 0 Å². The van der Waals surface area contributed by atoms with Gasteiger partial charge in [0.05, 0.1) is 19.3 Å². The van der Waals surface area contributed by atoms with Crippen LogP contribution in [0.1, 0.15) is 24.3 Å². The van der Waals surface area contributed by atoms with Crippen molar-refractivity contribution in [2.45, 2.75) is 44.4 Å². The summed E-state index contributed by atoms with van der Waals surface area (Å²) >= 11 is 0. The van der Waals surface area contributed by atoms with Gasteiger partial charge in [-0.25, -0.2) is 0 Å². The Morgan fingerprint density at radius 3 is 2.42 bits per heavy atom. The molecule has 2 aromatic rings. The zero-order chi connectivity index (χ0) is 17.9. The average molecular weight is 356 g/mol. The molecule has 0 aromatic heterocycles. The second kappa shape index (κ2) is 7.86. The number of aliphatic hydroxyl groups is 1. The molecular weight excluding hydrogens is 332 g/mol. The molecule has 2 aliphatic rings. The van der Waals surface area contributed by atoms with E-state index in [2.05, 4.69) is 0 Å². The Labute approximate surface area is 153 Å². The van der Waals surface area contributed by atoms with Gasteiger partial charge in [-0.15, -0.1) is 0 Å². The van der Waals surface area contributed by atoms with Gasteiger partial charge in [0.15, 0.2) is 12.6 Å². The maximum atomic E-state index is 10.8. The number of benzene rings is 2. The van der Waals surface area contributed by atoms with Gasteiger partial charge in [-0.2, -0.15) is 0 Å². The Balaban J connectivity index is 1.40. The molecule has 2 aliphatic heterocycles. The largest absolute Gasteiger partial charge is 0.390 e. The van der Waals surface area contributed by atoms with Gasteiger partial charge < -0.3 is 24.1 Å². The molecule has 5 heteroatoms. The van der Waals surface area contributed by atoms with E-state index in [9.17, 15) is 5.11 Å². The van der Waals surface area contributed by atoms with Gasteiger partial charge in [-0.1, -0.05) is 67.6 Å². The standard InChI is InChI=1S/C21H24O5/c1-14-18(22)19-17(13-24-21(26-19)16-10-6-3-7-11-16)25-20(14)23-12-15-8-4-2-5-9-15/h2-11,14,17-22H,12-13H2,1H3. The molecule has 0 radical (unpaired) electrons. The molecule has 5 nitrogen and oxygen atoms in total. The molecule has 26 heavy (non-hydrogen) atoms. The van der Waals surface area contributed by atoms with Crippen LogP contribution in [0.4, 0.5) is 0 Å². The van der Waals surface area contributed by atoms with Gasteiger partial charge in [-0.3, -0.25) is 0 Å². The number of hydrogen-bond acceptors (Lipinski definition) is 5. The molecule has 0 bridgehead atoms. The predicted molar refractivity (Wildman–Crippen MR) is 95.1 cm³/mol. The molecule has 138 valence electrons. The Morgan fingerprint density at radius 2 is 1.69 bits per heavy atom. The zero-order valence-electron chi connectivity index (χ0n) is 14.7. The summed E-state index contributed by atoms with van der Waals surface area (Å²) in [5.41, 5.74) is 2.01. The molecular formula is C21H24O5. The molecule has 0 spiro atoms. The van der Waals surface area contributed by atoms with Crippen molar-refractivity contribution in [3.63, 3.8) is 0 Å². The number of hydrogen-bond donors (Lipinski definition) is 1. The monoisotopic (exact) mass is 356 g/mol. The van der Waals surface area contributed by atoms with Crippen molar-refractivity contribution in [1.29, 1.82) is 0 Å². The lowest BCUT2D eigenvalue weighted by Gasteiger charge is -2.47. The van der Waals surface area contributed by atoms with Gasteiger partial charge in [-0.05, 0) is 5.56 Å². The van der Waals surface area contributed by atoms with E-state index < -0.39 is 24.8 Å². The van der Waals surface area contributed by atoms with Crippen LogP contribution in [0.5, 0.6) is 0 Å². The van der Waals surface area contributed by atoms with E-state index in [1.807, 2.05) is 67.6 Å². The first kappa shape index (κ1) is 17.6. The number of rotatable bonds is 4. The quantitative estimate of drug-likeness (QED) is 0.913. The van der Waals surface area contributed by atoms with Crippen LogP contribution >= 0.6 is 0 Å². The fraction of sp³-hybridized carbons (Fsp3) is 0.429. The van der Waals surface area contributed by atoms with Crippen molar-refractivity contribution < 1.29 is 24.1 Å². The van der Waals surface area contributed by atoms with Crippen molar-refractivity contribution in [3.05, 3.63) is 71.8 Å².